The second-order valence-corrected chi connectivity index (χ2v) is 10.9. The summed E-state index contributed by atoms with van der Waals surface area (Å²) in [6.07, 6.45) is 5.70. The van der Waals surface area contributed by atoms with E-state index in [-0.39, 0.29) is 34.8 Å². The van der Waals surface area contributed by atoms with Crippen molar-refractivity contribution >= 4 is 46.6 Å². The van der Waals surface area contributed by atoms with Crippen molar-refractivity contribution in [1.29, 1.82) is 0 Å². The zero-order chi connectivity index (χ0) is 26.8. The lowest BCUT2D eigenvalue weighted by Gasteiger charge is -2.29. The number of sulfonamides is 1. The molecule has 0 bridgehead atoms. The molecule has 1 fully saturated rings. The maximum Gasteiger partial charge on any atom is 0.338 e. The highest BCUT2D eigenvalue weighted by Crippen LogP contribution is 2.23. The normalized spacial score (nSPS) is 13.9. The zero-order valence-corrected chi connectivity index (χ0v) is 22.3. The van der Waals surface area contributed by atoms with Crippen molar-refractivity contribution in [3.63, 3.8) is 0 Å². The highest BCUT2D eigenvalue weighted by atomic mass is 32.2. The number of aryl methyl sites for hydroxylation is 1. The van der Waals surface area contributed by atoms with Crippen LogP contribution in [0.4, 0.5) is 15.3 Å². The summed E-state index contributed by atoms with van der Waals surface area (Å²) in [7, 11) is -4.05. The number of nitrogens with one attached hydrogen (secondary N) is 3. The van der Waals surface area contributed by atoms with Crippen LogP contribution in [0, 0.1) is 6.92 Å². The van der Waals surface area contributed by atoms with Gasteiger partial charge in [0.25, 0.3) is 10.0 Å². The predicted molar refractivity (Wildman–Crippen MR) is 143 cm³/mol. The van der Waals surface area contributed by atoms with E-state index in [4.69, 9.17) is 4.74 Å². The topological polar surface area (TPSA) is 134 Å². The number of esters is 1. The summed E-state index contributed by atoms with van der Waals surface area (Å²) in [4.78, 5) is 36.8. The van der Waals surface area contributed by atoms with Crippen LogP contribution < -0.4 is 15.4 Å². The van der Waals surface area contributed by atoms with Gasteiger partial charge in [-0.05, 0) is 56.5 Å². The van der Waals surface area contributed by atoms with Gasteiger partial charge in [0.15, 0.2) is 0 Å². The molecule has 1 aliphatic rings. The summed E-state index contributed by atoms with van der Waals surface area (Å²) < 4.78 is 33.4. The summed E-state index contributed by atoms with van der Waals surface area (Å²) in [6.45, 7) is 2.23. The Labute approximate surface area is 222 Å². The fraction of sp³-hybridized carbons (Fsp3) is 0.400. The largest absolute Gasteiger partial charge is 0.462 e. The molecule has 3 rings (SSSR count). The van der Waals surface area contributed by atoms with Crippen LogP contribution in [0.1, 0.15) is 54.4 Å². The van der Waals surface area contributed by atoms with Crippen LogP contribution in [-0.4, -0.2) is 49.9 Å². The van der Waals surface area contributed by atoms with E-state index in [0.29, 0.717) is 13.0 Å². The van der Waals surface area contributed by atoms with Gasteiger partial charge in [0.2, 0.25) is 0 Å². The van der Waals surface area contributed by atoms with E-state index in [2.05, 4.69) is 23.4 Å². The summed E-state index contributed by atoms with van der Waals surface area (Å²) in [5.74, 6) is -0.610. The summed E-state index contributed by atoms with van der Waals surface area (Å²) in [5.41, 5.74) is 1.28. The Balaban J connectivity index is 1.42. The fourth-order valence-corrected chi connectivity index (χ4v) is 5.08. The number of carbonyl (C=O) groups is 3. The minimum absolute atomic E-state index is 0.0437. The minimum Gasteiger partial charge on any atom is -0.462 e. The predicted octanol–water partition coefficient (Wildman–Crippen LogP) is 4.24. The van der Waals surface area contributed by atoms with Crippen LogP contribution in [0.25, 0.3) is 0 Å². The Morgan fingerprint density at radius 1 is 1.05 bits per heavy atom. The number of nitrogens with zero attached hydrogens (tertiary/aromatic N) is 1. The van der Waals surface area contributed by atoms with E-state index in [9.17, 15) is 22.8 Å². The Bertz CT molecular complexity index is 1200. The number of hydrogen-bond acceptors (Lipinski definition) is 7. The number of amides is 4. The highest BCUT2D eigenvalue weighted by molar-refractivity contribution is 7.90. The summed E-state index contributed by atoms with van der Waals surface area (Å²) >= 11 is 4.32. The molecule has 10 nitrogen and oxygen atoms in total. The molecule has 0 unspecified atom stereocenters. The van der Waals surface area contributed by atoms with E-state index < -0.39 is 22.0 Å². The molecule has 4 amide bonds. The molecule has 12 heteroatoms. The highest BCUT2D eigenvalue weighted by Gasteiger charge is 2.23. The first-order chi connectivity index (χ1) is 17.7. The Hall–Kier alpha value is -3.25. The van der Waals surface area contributed by atoms with E-state index in [1.807, 2.05) is 11.6 Å². The average Bonchev–Trinajstić information content (AvgIpc) is 2.88. The van der Waals surface area contributed by atoms with Gasteiger partial charge in [-0.15, -0.1) is 0 Å². The van der Waals surface area contributed by atoms with Gasteiger partial charge < -0.3 is 15.4 Å². The van der Waals surface area contributed by atoms with Crippen molar-refractivity contribution < 1.29 is 27.5 Å². The second-order valence-electron chi connectivity index (χ2n) is 8.81. The van der Waals surface area contributed by atoms with Gasteiger partial charge in [0.1, 0.15) is 0 Å². The number of hydrogen-bond donors (Lipinski definition) is 4. The molecule has 200 valence electrons. The third-order valence-corrected chi connectivity index (χ3v) is 7.73. The molecule has 0 aliphatic heterocycles. The van der Waals surface area contributed by atoms with Gasteiger partial charge in [-0.1, -0.05) is 55.8 Å². The molecule has 0 aromatic heterocycles. The lowest BCUT2D eigenvalue weighted by atomic mass is 9.96. The molecular weight excluding hydrogens is 516 g/mol. The van der Waals surface area contributed by atoms with E-state index in [0.717, 1.165) is 31.2 Å². The molecular formula is C25H32N4O6S2. The number of thiol groups is 1. The average molecular weight is 549 g/mol. The SMILES string of the molecule is Cc1ccc(S(=O)(=O)NC(=O)Nc2cccc(C(=O)OCCCNC(=O)N(S)C3CCCCC3)c2)cc1. The van der Waals surface area contributed by atoms with Crippen molar-refractivity contribution in [3.8, 4) is 0 Å². The van der Waals surface area contributed by atoms with Crippen molar-refractivity contribution in [1.82, 2.24) is 14.3 Å². The maximum atomic E-state index is 12.4. The van der Waals surface area contributed by atoms with Crippen LogP contribution >= 0.6 is 12.8 Å². The molecule has 1 saturated carbocycles. The summed E-state index contributed by atoms with van der Waals surface area (Å²) in [6, 6.07) is 10.9. The maximum absolute atomic E-state index is 12.4. The Kier molecular flexibility index (Phi) is 10.2. The third-order valence-electron chi connectivity index (χ3n) is 5.87. The van der Waals surface area contributed by atoms with Crippen LogP contribution in [0.5, 0.6) is 0 Å². The van der Waals surface area contributed by atoms with E-state index >= 15 is 0 Å². The number of benzene rings is 2. The molecule has 37 heavy (non-hydrogen) atoms. The Morgan fingerprint density at radius 3 is 2.46 bits per heavy atom. The van der Waals surface area contributed by atoms with Crippen molar-refractivity contribution in [2.75, 3.05) is 18.5 Å². The van der Waals surface area contributed by atoms with Crippen LogP contribution in [0.2, 0.25) is 0 Å². The van der Waals surface area contributed by atoms with Crippen molar-refractivity contribution in [2.45, 2.75) is 56.4 Å². The number of ether oxygens (including phenoxy) is 1. The number of carbonyl (C=O) groups excluding carboxylic acids is 3. The quantitative estimate of drug-likeness (QED) is 0.210. The Morgan fingerprint density at radius 2 is 1.76 bits per heavy atom. The molecule has 0 saturated heterocycles. The van der Waals surface area contributed by atoms with Gasteiger partial charge in [-0.3, -0.25) is 4.31 Å². The van der Waals surface area contributed by atoms with Crippen molar-refractivity contribution in [3.05, 3.63) is 59.7 Å². The number of rotatable bonds is 9. The molecule has 3 N–H and O–H groups in total. The minimum atomic E-state index is -4.05. The van der Waals surface area contributed by atoms with Gasteiger partial charge in [0.05, 0.1) is 17.1 Å². The van der Waals surface area contributed by atoms with Gasteiger partial charge in [-0.2, -0.15) is 0 Å². The zero-order valence-electron chi connectivity index (χ0n) is 20.6. The molecule has 0 radical (unpaired) electrons. The van der Waals surface area contributed by atoms with Crippen LogP contribution in [0.15, 0.2) is 53.4 Å². The van der Waals surface area contributed by atoms with Gasteiger partial charge >= 0.3 is 18.0 Å². The lowest BCUT2D eigenvalue weighted by Crippen LogP contribution is -2.41. The first-order valence-corrected chi connectivity index (χ1v) is 14.0. The van der Waals surface area contributed by atoms with Gasteiger partial charge in [0, 0.05) is 18.3 Å². The lowest BCUT2D eigenvalue weighted by molar-refractivity contribution is 0.0501. The smallest absolute Gasteiger partial charge is 0.338 e. The molecule has 2 aromatic rings. The first kappa shape index (κ1) is 28.3. The van der Waals surface area contributed by atoms with E-state index in [1.165, 1.54) is 47.1 Å². The van der Waals surface area contributed by atoms with E-state index in [1.54, 1.807) is 12.1 Å². The molecule has 2 aromatic carbocycles. The second kappa shape index (κ2) is 13.3. The molecule has 0 heterocycles. The first-order valence-electron chi connectivity index (χ1n) is 12.1. The molecule has 1 aliphatic carbocycles. The number of anilines is 1. The fourth-order valence-electron chi connectivity index (χ4n) is 3.87. The van der Waals surface area contributed by atoms with Crippen LogP contribution in [0.3, 0.4) is 0 Å². The van der Waals surface area contributed by atoms with Gasteiger partial charge in [-0.25, -0.2) is 27.5 Å². The van der Waals surface area contributed by atoms with Crippen molar-refractivity contribution in [2.24, 2.45) is 0 Å². The summed E-state index contributed by atoms with van der Waals surface area (Å²) in [5, 5.41) is 5.18. The molecule has 0 atom stereocenters. The number of urea groups is 2. The van der Waals surface area contributed by atoms with Crippen LogP contribution in [-0.2, 0) is 14.8 Å². The third kappa shape index (κ3) is 8.67. The monoisotopic (exact) mass is 548 g/mol. The molecule has 0 spiro atoms. The standard InChI is InChI=1S/C25H32N4O6S2/c1-18-11-13-22(14-12-18)37(33,34)28-24(31)27-20-8-5-7-19(17-20)23(30)35-16-6-15-26-25(32)29(36)21-9-3-2-4-10-21/h5,7-8,11-14,17,21,36H,2-4,6,9-10,15-16H2,1H3,(H,26,32)(H2,27,28,31).